The van der Waals surface area contributed by atoms with Gasteiger partial charge in [0.15, 0.2) is 6.23 Å². The average Bonchev–Trinajstić information content (AvgIpc) is 3.43. The molecule has 1 unspecified atom stereocenters. The Bertz CT molecular complexity index is 2310. The van der Waals surface area contributed by atoms with Crippen LogP contribution in [0.3, 0.4) is 0 Å². The number of hydrogen-bond donors (Lipinski definition) is 2. The molecular formula is C48H55N6O7P. The maximum absolute atomic E-state index is 14.2. The number of benzene rings is 4. The molecule has 5 aromatic rings. The predicted octanol–water partition coefficient (Wildman–Crippen LogP) is 8.12. The molecular weight excluding hydrogens is 804 g/mol. The number of rotatable bonds is 18. The molecule has 324 valence electrons. The van der Waals surface area contributed by atoms with Crippen molar-refractivity contribution in [2.75, 3.05) is 38.8 Å². The number of nitrogens with zero attached hydrogens (tertiary/aromatic N) is 4. The summed E-state index contributed by atoms with van der Waals surface area (Å²) in [6.45, 7) is 18.4. The number of nitrogens with one attached hydrogen (secondary N) is 2. The van der Waals surface area contributed by atoms with E-state index in [2.05, 4.69) is 89.2 Å². The van der Waals surface area contributed by atoms with Crippen LogP contribution in [0.2, 0.25) is 0 Å². The second-order valence-electron chi connectivity index (χ2n) is 16.1. The lowest BCUT2D eigenvalue weighted by molar-refractivity contribution is -0.105. The van der Waals surface area contributed by atoms with Crippen LogP contribution in [0.25, 0.3) is 4.85 Å². The largest absolute Gasteiger partial charge is 0.497 e. The molecule has 2 fully saturated rings. The summed E-state index contributed by atoms with van der Waals surface area (Å²) in [5.74, 6) is 0.500. The Kier molecular flexibility index (Phi) is 14.3. The van der Waals surface area contributed by atoms with E-state index >= 15 is 0 Å². The first kappa shape index (κ1) is 44.8. The summed E-state index contributed by atoms with van der Waals surface area (Å²) in [5, 5.41) is 6.96. The van der Waals surface area contributed by atoms with Crippen molar-refractivity contribution in [3.63, 3.8) is 0 Å². The third-order valence-corrected chi connectivity index (χ3v) is 13.5. The molecule has 0 spiro atoms. The Hall–Kier alpha value is -5.29. The zero-order valence-electron chi connectivity index (χ0n) is 36.1. The number of fused-ring (bicyclic) bond motifs is 2. The van der Waals surface area contributed by atoms with E-state index in [1.54, 1.807) is 44.5 Å². The maximum atomic E-state index is 14.2. The number of carbonyl (C=O) groups is 1. The van der Waals surface area contributed by atoms with Gasteiger partial charge in [0.2, 0.25) is 6.54 Å². The lowest BCUT2D eigenvalue weighted by Crippen LogP contribution is -2.64. The third kappa shape index (κ3) is 9.24. The van der Waals surface area contributed by atoms with Crippen LogP contribution in [-0.2, 0) is 24.1 Å². The molecule has 2 aliphatic heterocycles. The molecule has 5 atom stereocenters. The van der Waals surface area contributed by atoms with Gasteiger partial charge in [0, 0.05) is 35.8 Å². The highest BCUT2D eigenvalue weighted by atomic mass is 31.2. The zero-order chi connectivity index (χ0) is 43.9. The van der Waals surface area contributed by atoms with E-state index in [-0.39, 0.29) is 43.6 Å². The van der Waals surface area contributed by atoms with Crippen LogP contribution in [0.15, 0.2) is 126 Å². The van der Waals surface area contributed by atoms with Gasteiger partial charge in [-0.25, -0.2) is 16.0 Å². The molecule has 2 N–H and O–H groups in total. The minimum Gasteiger partial charge on any atom is -0.497 e. The molecule has 2 aliphatic rings. The highest BCUT2D eigenvalue weighted by molar-refractivity contribution is 7.44. The number of methoxy groups -OCH3 is 1. The van der Waals surface area contributed by atoms with Gasteiger partial charge in [-0.3, -0.25) is 14.7 Å². The van der Waals surface area contributed by atoms with Gasteiger partial charge in [-0.1, -0.05) is 91.0 Å². The fraction of sp³-hybridized carbons (Fsp3) is 0.375. The second kappa shape index (κ2) is 19.8. The molecule has 4 aromatic carbocycles. The third-order valence-electron chi connectivity index (χ3n) is 11.4. The van der Waals surface area contributed by atoms with Crippen molar-refractivity contribution in [3.8, 4) is 5.75 Å². The molecule has 2 bridgehead atoms. The first-order valence-electron chi connectivity index (χ1n) is 21.0. The molecule has 62 heavy (non-hydrogen) atoms. The molecule has 0 saturated carbocycles. The van der Waals surface area contributed by atoms with Crippen LogP contribution in [0.5, 0.6) is 5.75 Å². The van der Waals surface area contributed by atoms with Crippen molar-refractivity contribution in [1.82, 2.24) is 19.5 Å². The minimum atomic E-state index is -1.65. The fourth-order valence-corrected chi connectivity index (χ4v) is 10.2. The van der Waals surface area contributed by atoms with Gasteiger partial charge in [0.1, 0.15) is 29.9 Å². The smallest absolute Gasteiger partial charge is 0.351 e. The Morgan fingerprint density at radius 1 is 0.935 bits per heavy atom. The first-order chi connectivity index (χ1) is 30.0. The van der Waals surface area contributed by atoms with Crippen LogP contribution in [0.4, 0.5) is 5.82 Å². The molecule has 7 rings (SSSR count). The topological polar surface area (TPSA) is 130 Å². The Morgan fingerprint density at radius 3 is 2.11 bits per heavy atom. The molecule has 2 saturated heterocycles. The first-order valence-corrected chi connectivity index (χ1v) is 22.1. The summed E-state index contributed by atoms with van der Waals surface area (Å²) in [7, 11) is -0.00530. The molecule has 1 amide bonds. The summed E-state index contributed by atoms with van der Waals surface area (Å²) in [4.78, 5) is 35.3. The quantitative estimate of drug-likeness (QED) is 0.0386. The highest BCUT2D eigenvalue weighted by Crippen LogP contribution is 2.52. The van der Waals surface area contributed by atoms with Gasteiger partial charge in [0.25, 0.3) is 14.4 Å². The maximum Gasteiger partial charge on any atom is 0.351 e. The predicted molar refractivity (Wildman–Crippen MR) is 240 cm³/mol. The molecule has 14 heteroatoms. The molecule has 0 radical (unpaired) electrons. The van der Waals surface area contributed by atoms with Crippen molar-refractivity contribution in [3.05, 3.63) is 171 Å². The number of carbonyl (C=O) groups excluding carboxylic acids is 1. The van der Waals surface area contributed by atoms with E-state index in [0.717, 1.165) is 22.4 Å². The van der Waals surface area contributed by atoms with Crippen molar-refractivity contribution >= 4 is 20.3 Å². The Morgan fingerprint density at radius 2 is 1.53 bits per heavy atom. The van der Waals surface area contributed by atoms with Gasteiger partial charge in [-0.15, -0.1) is 0 Å². The van der Waals surface area contributed by atoms with Crippen LogP contribution in [0, 0.1) is 13.5 Å². The van der Waals surface area contributed by atoms with Gasteiger partial charge in [-0.05, 0) is 75.6 Å². The minimum absolute atomic E-state index is 0.0764. The van der Waals surface area contributed by atoms with E-state index < -0.39 is 43.7 Å². The van der Waals surface area contributed by atoms with Crippen molar-refractivity contribution in [2.45, 2.75) is 82.6 Å². The number of amides is 1. The van der Waals surface area contributed by atoms with E-state index in [1.807, 2.05) is 54.6 Å². The summed E-state index contributed by atoms with van der Waals surface area (Å²) in [5.41, 5.74) is 1.22. The summed E-state index contributed by atoms with van der Waals surface area (Å²) < 4.78 is 36.6. The zero-order valence-corrected chi connectivity index (χ0v) is 37.0. The van der Waals surface area contributed by atoms with Gasteiger partial charge < -0.3 is 33.4 Å². The van der Waals surface area contributed by atoms with Crippen LogP contribution in [-0.4, -0.2) is 83.4 Å². The van der Waals surface area contributed by atoms with E-state index in [0.29, 0.717) is 24.2 Å². The highest BCUT2D eigenvalue weighted by Gasteiger charge is 2.62. The number of aromatic nitrogens is 2. The Labute approximate surface area is 365 Å². The van der Waals surface area contributed by atoms with E-state index in [9.17, 15) is 9.59 Å². The lowest BCUT2D eigenvalue weighted by atomic mass is 9.74. The van der Waals surface area contributed by atoms with Crippen LogP contribution >= 0.6 is 8.53 Å². The van der Waals surface area contributed by atoms with Gasteiger partial charge >= 0.3 is 5.69 Å². The second-order valence-corrected chi connectivity index (χ2v) is 17.5. The number of anilines is 1. The normalized spacial score (nSPS) is 20.3. The number of aryl methyl sites for hydroxylation is 1. The monoisotopic (exact) mass is 858 g/mol. The van der Waals surface area contributed by atoms with Gasteiger partial charge in [0.05, 0.1) is 31.9 Å². The summed E-state index contributed by atoms with van der Waals surface area (Å²) >= 11 is 0. The average molecular weight is 859 g/mol. The fourth-order valence-electron chi connectivity index (χ4n) is 8.55. The molecule has 1 aromatic heterocycles. The standard InChI is InChI=1S/C48H55N6O7P/c1-33(2)54(34(3)4)62(59-30-28-49-6)60-32-47-27-29-58-41(45(61-47)53-31-35(5)43(51-46(53)56)50-44(55)36-17-11-8-12-18-36)42(47)52-48(37-19-13-9-14-20-37,38-21-15-10-16-22-38)39-23-25-40(57-7)26-24-39/h8-26,31,33-34,41-42,45,52H,27-30,32H2,1-5,7H3,(H,50,51,55,56)/t41-,42+,45-,47-,62?/m1/s1. The summed E-state index contributed by atoms with van der Waals surface area (Å²) in [6.07, 6.45) is 0.417. The van der Waals surface area contributed by atoms with Crippen LogP contribution in [0.1, 0.15) is 73.0 Å². The summed E-state index contributed by atoms with van der Waals surface area (Å²) in [6, 6.07) is 36.9. The molecule has 13 nitrogen and oxygen atoms in total. The number of ether oxygens (including phenoxy) is 3. The SMILES string of the molecule is [C-]#[N+]CCOP(OC[C@@]12CCO[C@@H]([C@H](n3cc(C)c(NC(=O)c4ccccc4)nc3=O)O1)[C@@H]2NC(c1ccccc1)(c1ccccc1)c1ccc(OC)cc1)N(C(C)C)C(C)C. The van der Waals surface area contributed by atoms with Crippen LogP contribution < -0.4 is 21.1 Å². The van der Waals surface area contributed by atoms with E-state index in [4.69, 9.17) is 29.8 Å². The van der Waals surface area contributed by atoms with Crippen molar-refractivity contribution in [2.24, 2.45) is 0 Å². The Balaban J connectivity index is 1.36. The molecule has 3 heterocycles. The van der Waals surface area contributed by atoms with Crippen molar-refractivity contribution < 1.29 is 28.1 Å². The van der Waals surface area contributed by atoms with Crippen molar-refractivity contribution in [1.29, 1.82) is 0 Å². The van der Waals surface area contributed by atoms with E-state index in [1.165, 1.54) is 4.57 Å². The molecule has 0 aliphatic carbocycles. The van der Waals surface area contributed by atoms with Gasteiger partial charge in [-0.2, -0.15) is 4.98 Å². The lowest BCUT2D eigenvalue weighted by Gasteiger charge is -2.47. The number of hydrogen-bond acceptors (Lipinski definition) is 10.